The SMILES string of the molecule is CCn1nc(C)c(Br)c1CNCC(C)(C)SC. The minimum atomic E-state index is 0.276. The van der Waals surface area contributed by atoms with Crippen LogP contribution in [0.1, 0.15) is 32.2 Å². The molecule has 0 amide bonds. The van der Waals surface area contributed by atoms with Crippen molar-refractivity contribution in [1.29, 1.82) is 0 Å². The van der Waals surface area contributed by atoms with Crippen LogP contribution in [0.25, 0.3) is 0 Å². The summed E-state index contributed by atoms with van der Waals surface area (Å²) in [6, 6.07) is 0. The summed E-state index contributed by atoms with van der Waals surface area (Å²) in [6.07, 6.45) is 2.15. The van der Waals surface area contributed by atoms with Gasteiger partial charge in [0.25, 0.3) is 0 Å². The second-order valence-corrected chi connectivity index (χ2v) is 7.04. The van der Waals surface area contributed by atoms with Gasteiger partial charge in [0.2, 0.25) is 0 Å². The summed E-state index contributed by atoms with van der Waals surface area (Å²) in [5, 5.41) is 8.00. The van der Waals surface area contributed by atoms with Crippen molar-refractivity contribution < 1.29 is 0 Å². The zero-order valence-corrected chi connectivity index (χ0v) is 13.7. The Morgan fingerprint density at radius 1 is 1.47 bits per heavy atom. The lowest BCUT2D eigenvalue weighted by atomic mass is 10.2. The molecule has 1 aromatic rings. The molecule has 5 heteroatoms. The first kappa shape index (κ1) is 15.1. The Balaban J connectivity index is 2.63. The van der Waals surface area contributed by atoms with E-state index in [0.717, 1.165) is 29.8 Å². The topological polar surface area (TPSA) is 29.9 Å². The molecule has 0 bridgehead atoms. The first-order valence-corrected chi connectivity index (χ1v) is 7.90. The highest BCUT2D eigenvalue weighted by Gasteiger charge is 2.17. The van der Waals surface area contributed by atoms with E-state index in [4.69, 9.17) is 0 Å². The highest BCUT2D eigenvalue weighted by atomic mass is 79.9. The van der Waals surface area contributed by atoms with E-state index < -0.39 is 0 Å². The Hall–Kier alpha value is -0.0000000000000000555. The maximum absolute atomic E-state index is 4.49. The van der Waals surface area contributed by atoms with E-state index in [1.807, 2.05) is 18.7 Å². The van der Waals surface area contributed by atoms with Crippen LogP contribution in [0.5, 0.6) is 0 Å². The van der Waals surface area contributed by atoms with Gasteiger partial charge >= 0.3 is 0 Å². The molecule has 0 aliphatic carbocycles. The predicted molar refractivity (Wildman–Crippen MR) is 79.6 cm³/mol. The summed E-state index contributed by atoms with van der Waals surface area (Å²) >= 11 is 5.50. The van der Waals surface area contributed by atoms with E-state index in [0.29, 0.717) is 0 Å². The Morgan fingerprint density at radius 2 is 2.12 bits per heavy atom. The summed E-state index contributed by atoms with van der Waals surface area (Å²) in [5.41, 5.74) is 2.30. The van der Waals surface area contributed by atoms with Crippen molar-refractivity contribution in [2.24, 2.45) is 0 Å². The van der Waals surface area contributed by atoms with E-state index in [9.17, 15) is 0 Å². The molecule has 0 radical (unpaired) electrons. The molecule has 0 aliphatic heterocycles. The van der Waals surface area contributed by atoms with Crippen LogP contribution >= 0.6 is 27.7 Å². The molecule has 98 valence electrons. The lowest BCUT2D eigenvalue weighted by Gasteiger charge is -2.22. The molecule has 0 aromatic carbocycles. The van der Waals surface area contributed by atoms with Crippen LogP contribution in [-0.4, -0.2) is 27.3 Å². The average Bonchev–Trinajstić information content (AvgIpc) is 2.56. The van der Waals surface area contributed by atoms with Crippen LogP contribution in [0, 0.1) is 6.92 Å². The average molecular weight is 320 g/mol. The number of thioether (sulfide) groups is 1. The molecule has 1 rings (SSSR count). The van der Waals surface area contributed by atoms with Crippen LogP contribution in [-0.2, 0) is 13.1 Å². The summed E-state index contributed by atoms with van der Waals surface area (Å²) in [6.45, 7) is 11.4. The first-order valence-electron chi connectivity index (χ1n) is 5.89. The van der Waals surface area contributed by atoms with Crippen LogP contribution in [0.15, 0.2) is 4.47 Å². The van der Waals surface area contributed by atoms with Crippen LogP contribution < -0.4 is 5.32 Å². The van der Waals surface area contributed by atoms with Crippen LogP contribution in [0.3, 0.4) is 0 Å². The molecule has 1 aromatic heterocycles. The number of aryl methyl sites for hydroxylation is 2. The van der Waals surface area contributed by atoms with Gasteiger partial charge in [0.05, 0.1) is 15.9 Å². The van der Waals surface area contributed by atoms with Gasteiger partial charge in [0.1, 0.15) is 0 Å². The first-order chi connectivity index (χ1) is 7.91. The van der Waals surface area contributed by atoms with Gasteiger partial charge in [-0.15, -0.1) is 0 Å². The van der Waals surface area contributed by atoms with Crippen LogP contribution in [0.4, 0.5) is 0 Å². The molecule has 0 unspecified atom stereocenters. The molecule has 1 heterocycles. The van der Waals surface area contributed by atoms with E-state index in [1.54, 1.807) is 0 Å². The Kier molecular flexibility index (Phi) is 5.54. The van der Waals surface area contributed by atoms with Gasteiger partial charge in [-0.2, -0.15) is 16.9 Å². The summed E-state index contributed by atoms with van der Waals surface area (Å²) in [7, 11) is 0. The van der Waals surface area contributed by atoms with Gasteiger partial charge in [0.15, 0.2) is 0 Å². The molecule has 0 fully saturated rings. The van der Waals surface area contributed by atoms with Crippen molar-refractivity contribution in [2.45, 2.75) is 45.5 Å². The molecular weight excluding hydrogens is 298 g/mol. The van der Waals surface area contributed by atoms with E-state index >= 15 is 0 Å². The number of aromatic nitrogens is 2. The Morgan fingerprint density at radius 3 is 2.65 bits per heavy atom. The number of rotatable bonds is 6. The van der Waals surface area contributed by atoms with Gasteiger partial charge in [-0.3, -0.25) is 4.68 Å². The fourth-order valence-electron chi connectivity index (χ4n) is 1.59. The van der Waals surface area contributed by atoms with Crippen molar-refractivity contribution >= 4 is 27.7 Å². The number of hydrogen-bond donors (Lipinski definition) is 1. The lowest BCUT2D eigenvalue weighted by Crippen LogP contribution is -2.32. The second-order valence-electron chi connectivity index (χ2n) is 4.73. The number of halogens is 1. The Labute approximate surface area is 117 Å². The van der Waals surface area contributed by atoms with Gasteiger partial charge < -0.3 is 5.32 Å². The monoisotopic (exact) mass is 319 g/mol. The molecule has 0 saturated carbocycles. The molecular formula is C12H22BrN3S. The van der Waals surface area contributed by atoms with Gasteiger partial charge in [-0.25, -0.2) is 0 Å². The molecule has 0 atom stereocenters. The number of nitrogens with zero attached hydrogens (tertiary/aromatic N) is 2. The smallest absolute Gasteiger partial charge is 0.0739 e. The third kappa shape index (κ3) is 4.00. The molecule has 0 spiro atoms. The van der Waals surface area contributed by atoms with Crippen molar-refractivity contribution in [3.05, 3.63) is 15.9 Å². The number of nitrogens with one attached hydrogen (secondary N) is 1. The van der Waals surface area contributed by atoms with E-state index in [2.05, 4.69) is 58.1 Å². The van der Waals surface area contributed by atoms with Crippen LogP contribution in [0.2, 0.25) is 0 Å². The zero-order chi connectivity index (χ0) is 13.1. The molecule has 1 N–H and O–H groups in total. The lowest BCUT2D eigenvalue weighted by molar-refractivity contribution is 0.547. The van der Waals surface area contributed by atoms with Crippen molar-refractivity contribution in [3.8, 4) is 0 Å². The highest BCUT2D eigenvalue weighted by molar-refractivity contribution is 9.10. The molecule has 17 heavy (non-hydrogen) atoms. The number of hydrogen-bond acceptors (Lipinski definition) is 3. The standard InChI is InChI=1S/C12H22BrN3S/c1-6-16-10(11(13)9(2)15-16)7-14-8-12(3,4)17-5/h14H,6-8H2,1-5H3. The molecule has 3 nitrogen and oxygen atoms in total. The molecule has 0 aliphatic rings. The Bertz CT molecular complexity index is 374. The fourth-order valence-corrected chi connectivity index (χ4v) is 2.26. The van der Waals surface area contributed by atoms with Crippen molar-refractivity contribution in [3.63, 3.8) is 0 Å². The maximum atomic E-state index is 4.49. The van der Waals surface area contributed by atoms with Gasteiger partial charge in [-0.05, 0) is 49.9 Å². The van der Waals surface area contributed by atoms with Gasteiger partial charge in [0, 0.05) is 24.4 Å². The van der Waals surface area contributed by atoms with Crippen molar-refractivity contribution in [2.75, 3.05) is 12.8 Å². The predicted octanol–water partition coefficient (Wildman–Crippen LogP) is 3.21. The zero-order valence-electron chi connectivity index (χ0n) is 11.3. The largest absolute Gasteiger partial charge is 0.310 e. The summed E-state index contributed by atoms with van der Waals surface area (Å²) < 4.78 is 3.46. The second kappa shape index (κ2) is 6.25. The summed E-state index contributed by atoms with van der Waals surface area (Å²) in [4.78, 5) is 0. The van der Waals surface area contributed by atoms with Gasteiger partial charge in [-0.1, -0.05) is 0 Å². The molecule has 0 saturated heterocycles. The fraction of sp³-hybridized carbons (Fsp3) is 0.750. The quantitative estimate of drug-likeness (QED) is 0.873. The van der Waals surface area contributed by atoms with E-state index in [1.165, 1.54) is 5.69 Å². The third-order valence-corrected chi connectivity index (χ3v) is 5.13. The van der Waals surface area contributed by atoms with E-state index in [-0.39, 0.29) is 4.75 Å². The maximum Gasteiger partial charge on any atom is 0.0739 e. The minimum Gasteiger partial charge on any atom is -0.310 e. The normalized spacial score (nSPS) is 12.1. The summed E-state index contributed by atoms with van der Waals surface area (Å²) in [5.74, 6) is 0. The minimum absolute atomic E-state index is 0.276. The van der Waals surface area contributed by atoms with Crippen molar-refractivity contribution in [1.82, 2.24) is 15.1 Å². The third-order valence-electron chi connectivity index (χ3n) is 2.85. The highest BCUT2D eigenvalue weighted by Crippen LogP contribution is 2.22.